The fourth-order valence-corrected chi connectivity index (χ4v) is 5.71. The number of amides is 1. The summed E-state index contributed by atoms with van der Waals surface area (Å²) < 4.78 is 10.9. The van der Waals surface area contributed by atoms with Gasteiger partial charge in [0, 0.05) is 17.1 Å². The first-order valence-corrected chi connectivity index (χ1v) is 12.3. The maximum absolute atomic E-state index is 12.5. The number of aromatic nitrogens is 2. The van der Waals surface area contributed by atoms with Crippen molar-refractivity contribution in [2.75, 3.05) is 26.0 Å². The Bertz CT molecular complexity index is 1130. The van der Waals surface area contributed by atoms with Crippen molar-refractivity contribution in [1.29, 1.82) is 0 Å². The molecule has 7 nitrogen and oxygen atoms in total. The van der Waals surface area contributed by atoms with Gasteiger partial charge in [-0.15, -0.1) is 11.3 Å². The van der Waals surface area contributed by atoms with Crippen LogP contribution in [0.5, 0.6) is 11.5 Å². The van der Waals surface area contributed by atoms with Crippen LogP contribution in [0.25, 0.3) is 10.2 Å². The third-order valence-corrected chi connectivity index (χ3v) is 7.24. The zero-order valence-corrected chi connectivity index (χ0v) is 19.0. The van der Waals surface area contributed by atoms with Crippen molar-refractivity contribution in [3.63, 3.8) is 0 Å². The van der Waals surface area contributed by atoms with Crippen LogP contribution in [-0.4, -0.2) is 41.9 Å². The number of benzene rings is 1. The minimum Gasteiger partial charge on any atom is -0.493 e. The normalized spacial score (nSPS) is 12.7. The Labute approximate surface area is 188 Å². The summed E-state index contributed by atoms with van der Waals surface area (Å²) >= 11 is 3.23. The molecule has 1 aromatic carbocycles. The molecule has 1 aliphatic rings. The highest BCUT2D eigenvalue weighted by molar-refractivity contribution is 7.98. The number of nitrogens with zero attached hydrogens (tertiary/aromatic N) is 1. The van der Waals surface area contributed by atoms with E-state index in [1.54, 1.807) is 30.2 Å². The summed E-state index contributed by atoms with van der Waals surface area (Å²) in [7, 11) is 1.59. The third-order valence-electron chi connectivity index (χ3n) is 5.09. The maximum Gasteiger partial charge on any atom is 0.259 e. The predicted octanol–water partition coefficient (Wildman–Crippen LogP) is 3.30. The molecular weight excluding hydrogens is 434 g/mol. The van der Waals surface area contributed by atoms with Gasteiger partial charge in [0.1, 0.15) is 17.3 Å². The number of H-pyrrole nitrogens is 1. The minimum absolute atomic E-state index is 0.0253. The minimum atomic E-state index is -0.0345. The number of para-hydroxylation sites is 2. The summed E-state index contributed by atoms with van der Waals surface area (Å²) in [6, 6.07) is 7.41. The SMILES string of the molecule is COc1ccccc1OCCNC(=O)CCSCc1nc2sc3c(c2c(=O)[nH]1)CCC3. The lowest BCUT2D eigenvalue weighted by atomic mass is 10.2. The molecule has 164 valence electrons. The standard InChI is InChI=1S/C22H25N3O4S2/c1-28-15-6-2-3-7-16(15)29-11-10-23-19(26)9-12-30-13-18-24-21(27)20-14-5-4-8-17(14)31-22(20)25-18/h2-3,6-7H,4-5,8-13H2,1H3,(H,23,26)(H,24,25,27). The van der Waals surface area contributed by atoms with Crippen molar-refractivity contribution in [1.82, 2.24) is 15.3 Å². The smallest absolute Gasteiger partial charge is 0.259 e. The lowest BCUT2D eigenvalue weighted by molar-refractivity contribution is -0.120. The Kier molecular flexibility index (Phi) is 7.14. The Morgan fingerprint density at radius 2 is 2.13 bits per heavy atom. The summed E-state index contributed by atoms with van der Waals surface area (Å²) in [5.74, 6) is 3.21. The van der Waals surface area contributed by atoms with Crippen molar-refractivity contribution < 1.29 is 14.3 Å². The molecule has 0 unspecified atom stereocenters. The molecule has 3 aromatic rings. The summed E-state index contributed by atoms with van der Waals surface area (Å²) in [4.78, 5) is 34.2. The number of carbonyl (C=O) groups excluding carboxylic acids is 1. The Hall–Kier alpha value is -2.52. The molecule has 0 saturated heterocycles. The van der Waals surface area contributed by atoms with E-state index in [1.807, 2.05) is 24.3 Å². The predicted molar refractivity (Wildman–Crippen MR) is 125 cm³/mol. The summed E-state index contributed by atoms with van der Waals surface area (Å²) in [6.45, 7) is 0.797. The van der Waals surface area contributed by atoms with E-state index in [0.717, 1.165) is 29.5 Å². The average molecular weight is 460 g/mol. The van der Waals surface area contributed by atoms with Gasteiger partial charge >= 0.3 is 0 Å². The number of fused-ring (bicyclic) bond motifs is 3. The van der Waals surface area contributed by atoms with Crippen LogP contribution in [0.3, 0.4) is 0 Å². The number of methoxy groups -OCH3 is 1. The van der Waals surface area contributed by atoms with Gasteiger partial charge in [-0.1, -0.05) is 12.1 Å². The van der Waals surface area contributed by atoms with Crippen LogP contribution in [0.1, 0.15) is 29.1 Å². The number of ether oxygens (including phenoxy) is 2. The van der Waals surface area contributed by atoms with E-state index in [0.29, 0.717) is 48.4 Å². The number of aryl methyl sites for hydroxylation is 2. The highest BCUT2D eigenvalue weighted by Gasteiger charge is 2.21. The third kappa shape index (κ3) is 5.22. The Morgan fingerprint density at radius 3 is 2.97 bits per heavy atom. The number of thiophene rings is 1. The molecule has 0 radical (unpaired) electrons. The second-order valence-corrected chi connectivity index (χ2v) is 9.39. The van der Waals surface area contributed by atoms with E-state index in [9.17, 15) is 9.59 Å². The number of nitrogens with one attached hydrogen (secondary N) is 2. The number of hydrogen-bond acceptors (Lipinski definition) is 7. The largest absolute Gasteiger partial charge is 0.493 e. The van der Waals surface area contributed by atoms with Gasteiger partial charge in [0.25, 0.3) is 5.56 Å². The van der Waals surface area contributed by atoms with E-state index >= 15 is 0 Å². The monoisotopic (exact) mass is 459 g/mol. The fraction of sp³-hybridized carbons (Fsp3) is 0.409. The van der Waals surface area contributed by atoms with Crippen LogP contribution in [0, 0.1) is 0 Å². The lowest BCUT2D eigenvalue weighted by Crippen LogP contribution is -2.28. The molecule has 0 bridgehead atoms. The van der Waals surface area contributed by atoms with E-state index < -0.39 is 0 Å². The first-order valence-electron chi connectivity index (χ1n) is 10.3. The molecule has 31 heavy (non-hydrogen) atoms. The molecule has 0 spiro atoms. The van der Waals surface area contributed by atoms with Gasteiger partial charge in [-0.05, 0) is 37.0 Å². The van der Waals surface area contributed by atoms with Gasteiger partial charge in [0.2, 0.25) is 5.91 Å². The lowest BCUT2D eigenvalue weighted by Gasteiger charge is -2.10. The highest BCUT2D eigenvalue weighted by atomic mass is 32.2. The first kappa shape index (κ1) is 21.7. The Balaban J connectivity index is 1.17. The number of carbonyl (C=O) groups is 1. The molecule has 2 N–H and O–H groups in total. The zero-order chi connectivity index (χ0) is 21.6. The van der Waals surface area contributed by atoms with Crippen LogP contribution in [0.15, 0.2) is 29.1 Å². The van der Waals surface area contributed by atoms with E-state index in [2.05, 4.69) is 15.3 Å². The number of rotatable bonds is 10. The van der Waals surface area contributed by atoms with Crippen molar-refractivity contribution in [2.45, 2.75) is 31.4 Å². The first-order chi connectivity index (χ1) is 15.2. The molecule has 0 atom stereocenters. The topological polar surface area (TPSA) is 93.3 Å². The van der Waals surface area contributed by atoms with Crippen molar-refractivity contribution in [3.05, 3.63) is 50.9 Å². The van der Waals surface area contributed by atoms with E-state index in [1.165, 1.54) is 10.4 Å². The molecule has 4 rings (SSSR count). The molecule has 0 saturated carbocycles. The highest BCUT2D eigenvalue weighted by Crippen LogP contribution is 2.34. The second kappa shape index (κ2) is 10.2. The van der Waals surface area contributed by atoms with Crippen molar-refractivity contribution >= 4 is 39.2 Å². The molecular formula is C22H25N3O4S2. The number of thioether (sulfide) groups is 1. The van der Waals surface area contributed by atoms with E-state index in [-0.39, 0.29) is 11.5 Å². The van der Waals surface area contributed by atoms with Crippen LogP contribution < -0.4 is 20.3 Å². The van der Waals surface area contributed by atoms with Gasteiger partial charge in [0.15, 0.2) is 11.5 Å². The van der Waals surface area contributed by atoms with Gasteiger partial charge in [-0.2, -0.15) is 11.8 Å². The van der Waals surface area contributed by atoms with Gasteiger partial charge < -0.3 is 19.8 Å². The molecule has 2 aromatic heterocycles. The van der Waals surface area contributed by atoms with Gasteiger partial charge in [0.05, 0.1) is 24.8 Å². The quantitative estimate of drug-likeness (QED) is 0.452. The summed E-state index contributed by atoms with van der Waals surface area (Å²) in [5, 5.41) is 3.63. The summed E-state index contributed by atoms with van der Waals surface area (Å²) in [5.41, 5.74) is 1.16. The molecule has 1 amide bonds. The van der Waals surface area contributed by atoms with Gasteiger partial charge in [-0.25, -0.2) is 4.98 Å². The number of aromatic amines is 1. The molecule has 0 aliphatic heterocycles. The maximum atomic E-state index is 12.5. The molecule has 0 fully saturated rings. The van der Waals surface area contributed by atoms with E-state index in [4.69, 9.17) is 9.47 Å². The molecule has 2 heterocycles. The number of hydrogen-bond donors (Lipinski definition) is 2. The van der Waals surface area contributed by atoms with Crippen molar-refractivity contribution in [3.8, 4) is 11.5 Å². The van der Waals surface area contributed by atoms with Crippen LogP contribution >= 0.6 is 23.1 Å². The van der Waals surface area contributed by atoms with Crippen LogP contribution in [-0.2, 0) is 23.4 Å². The van der Waals surface area contributed by atoms with Gasteiger partial charge in [-0.3, -0.25) is 9.59 Å². The van der Waals surface area contributed by atoms with Crippen LogP contribution in [0.2, 0.25) is 0 Å². The second-order valence-electron chi connectivity index (χ2n) is 7.20. The molecule has 1 aliphatic carbocycles. The Morgan fingerprint density at radius 1 is 1.29 bits per heavy atom. The summed E-state index contributed by atoms with van der Waals surface area (Å²) in [6.07, 6.45) is 3.56. The molecule has 9 heteroatoms. The average Bonchev–Trinajstić information content (AvgIpc) is 3.35. The van der Waals surface area contributed by atoms with Crippen molar-refractivity contribution in [2.24, 2.45) is 0 Å². The zero-order valence-electron chi connectivity index (χ0n) is 17.4. The fourth-order valence-electron chi connectivity index (χ4n) is 3.63. The van der Waals surface area contributed by atoms with Crippen LogP contribution in [0.4, 0.5) is 0 Å².